The Labute approximate surface area is 105 Å². The van der Waals surface area contributed by atoms with E-state index >= 15 is 0 Å². The molecule has 1 atom stereocenters. The van der Waals surface area contributed by atoms with Crippen LogP contribution in [0.4, 0.5) is 0 Å². The third kappa shape index (κ3) is 3.55. The number of hydrogen-bond acceptors (Lipinski definition) is 2. The Bertz CT molecular complexity index is 406. The molecule has 0 saturated carbocycles. The second-order valence-electron chi connectivity index (χ2n) is 3.46. The zero-order chi connectivity index (χ0) is 12.0. The smallest absolute Gasteiger partial charge is 0.124 e. The maximum absolute atomic E-state index is 6.10. The van der Waals surface area contributed by atoms with E-state index in [9.17, 15) is 0 Å². The summed E-state index contributed by atoms with van der Waals surface area (Å²) in [5.41, 5.74) is 7.13. The molecule has 16 heavy (non-hydrogen) atoms. The quantitative estimate of drug-likeness (QED) is 0.860. The van der Waals surface area contributed by atoms with E-state index in [1.807, 2.05) is 25.1 Å². The van der Waals surface area contributed by atoms with Gasteiger partial charge in [-0.3, -0.25) is 0 Å². The molecule has 86 valence electrons. The molecule has 1 aromatic carbocycles. The van der Waals surface area contributed by atoms with Crippen molar-refractivity contribution < 1.29 is 4.74 Å². The highest BCUT2D eigenvalue weighted by Gasteiger charge is 2.11. The summed E-state index contributed by atoms with van der Waals surface area (Å²) in [4.78, 5) is 0. The van der Waals surface area contributed by atoms with E-state index < -0.39 is 0 Å². The van der Waals surface area contributed by atoms with Gasteiger partial charge in [-0.2, -0.15) is 0 Å². The monoisotopic (exact) mass is 281 g/mol. The van der Waals surface area contributed by atoms with Crippen molar-refractivity contribution in [1.29, 1.82) is 0 Å². The molecule has 2 N–H and O–H groups in total. The van der Waals surface area contributed by atoms with Crippen molar-refractivity contribution in [2.75, 3.05) is 7.11 Å². The normalized spacial score (nSPS) is 11.5. The van der Waals surface area contributed by atoms with Crippen LogP contribution in [0.2, 0.25) is 0 Å². The molecule has 0 radical (unpaired) electrons. The molecule has 1 unspecified atom stereocenters. The third-order valence-corrected chi connectivity index (χ3v) is 2.85. The van der Waals surface area contributed by atoms with E-state index in [0.717, 1.165) is 28.6 Å². The van der Waals surface area contributed by atoms with Crippen LogP contribution < -0.4 is 10.5 Å². The van der Waals surface area contributed by atoms with Crippen molar-refractivity contribution in [3.63, 3.8) is 0 Å². The standard InChI is InChI=1S/C13H16BrNO/c1-3-4-5-6-12(15)11-8-7-10(14)9-13(11)16-2/h7-9,12H,5-6,15H2,1-2H3. The van der Waals surface area contributed by atoms with Crippen LogP contribution in [0, 0.1) is 11.8 Å². The minimum atomic E-state index is -0.0242. The lowest BCUT2D eigenvalue weighted by molar-refractivity contribution is 0.404. The molecule has 0 bridgehead atoms. The maximum Gasteiger partial charge on any atom is 0.124 e. The lowest BCUT2D eigenvalue weighted by Gasteiger charge is -2.14. The van der Waals surface area contributed by atoms with E-state index in [1.165, 1.54) is 0 Å². The molecule has 3 heteroatoms. The number of halogens is 1. The van der Waals surface area contributed by atoms with Crippen LogP contribution in [0.5, 0.6) is 5.75 Å². The largest absolute Gasteiger partial charge is 0.496 e. The molecule has 0 fully saturated rings. The molecule has 1 rings (SSSR count). The summed E-state index contributed by atoms with van der Waals surface area (Å²) in [7, 11) is 1.66. The molecule has 0 heterocycles. The van der Waals surface area contributed by atoms with Crippen molar-refractivity contribution in [2.45, 2.75) is 25.8 Å². The van der Waals surface area contributed by atoms with Crippen molar-refractivity contribution in [3.8, 4) is 17.6 Å². The van der Waals surface area contributed by atoms with Gasteiger partial charge in [0.1, 0.15) is 5.75 Å². The van der Waals surface area contributed by atoms with Crippen LogP contribution in [0.3, 0.4) is 0 Å². The lowest BCUT2D eigenvalue weighted by Crippen LogP contribution is -2.11. The van der Waals surface area contributed by atoms with Gasteiger partial charge in [0, 0.05) is 22.5 Å². The maximum atomic E-state index is 6.10. The molecule has 0 amide bonds. The highest BCUT2D eigenvalue weighted by atomic mass is 79.9. The van der Waals surface area contributed by atoms with Gasteiger partial charge in [0.05, 0.1) is 7.11 Å². The second-order valence-corrected chi connectivity index (χ2v) is 4.37. The van der Waals surface area contributed by atoms with E-state index in [4.69, 9.17) is 10.5 Å². The topological polar surface area (TPSA) is 35.2 Å². The van der Waals surface area contributed by atoms with Gasteiger partial charge in [-0.1, -0.05) is 22.0 Å². The first-order valence-corrected chi connectivity index (χ1v) is 5.97. The Morgan fingerprint density at radius 3 is 2.88 bits per heavy atom. The fourth-order valence-corrected chi connectivity index (χ4v) is 1.84. The summed E-state index contributed by atoms with van der Waals surface area (Å²) in [6.07, 6.45) is 1.66. The Balaban J connectivity index is 2.80. The van der Waals surface area contributed by atoms with Gasteiger partial charge in [-0.15, -0.1) is 11.8 Å². The number of benzene rings is 1. The lowest BCUT2D eigenvalue weighted by atomic mass is 10.0. The SMILES string of the molecule is CC#CCCC(N)c1ccc(Br)cc1OC. The molecule has 0 saturated heterocycles. The molecule has 0 aliphatic carbocycles. The van der Waals surface area contributed by atoms with Gasteiger partial charge in [0.15, 0.2) is 0 Å². The predicted molar refractivity (Wildman–Crippen MR) is 70.3 cm³/mol. The summed E-state index contributed by atoms with van der Waals surface area (Å²) in [5, 5.41) is 0. The van der Waals surface area contributed by atoms with Crippen molar-refractivity contribution in [2.24, 2.45) is 5.73 Å². The highest BCUT2D eigenvalue weighted by molar-refractivity contribution is 9.10. The number of rotatable bonds is 4. The molecule has 0 aromatic heterocycles. The van der Waals surface area contributed by atoms with Crippen LogP contribution >= 0.6 is 15.9 Å². The molecule has 0 spiro atoms. The van der Waals surface area contributed by atoms with Crippen molar-refractivity contribution >= 4 is 15.9 Å². The zero-order valence-corrected chi connectivity index (χ0v) is 11.2. The zero-order valence-electron chi connectivity index (χ0n) is 9.59. The summed E-state index contributed by atoms with van der Waals surface area (Å²) in [6.45, 7) is 1.84. The molecule has 1 aromatic rings. The average molecular weight is 282 g/mol. The van der Waals surface area contributed by atoms with Gasteiger partial charge >= 0.3 is 0 Å². The molecular weight excluding hydrogens is 266 g/mol. The van der Waals surface area contributed by atoms with Gasteiger partial charge in [0.25, 0.3) is 0 Å². The van der Waals surface area contributed by atoms with Gasteiger partial charge in [-0.25, -0.2) is 0 Å². The minimum Gasteiger partial charge on any atom is -0.496 e. The van der Waals surface area contributed by atoms with Crippen molar-refractivity contribution in [1.82, 2.24) is 0 Å². The Morgan fingerprint density at radius 2 is 2.25 bits per heavy atom. The highest BCUT2D eigenvalue weighted by Crippen LogP contribution is 2.29. The third-order valence-electron chi connectivity index (χ3n) is 2.35. The van der Waals surface area contributed by atoms with Crippen LogP contribution in [0.15, 0.2) is 22.7 Å². The first-order chi connectivity index (χ1) is 7.69. The Morgan fingerprint density at radius 1 is 1.50 bits per heavy atom. The molecule has 2 nitrogen and oxygen atoms in total. The average Bonchev–Trinajstić information content (AvgIpc) is 2.29. The minimum absolute atomic E-state index is 0.0242. The van der Waals surface area contributed by atoms with Crippen LogP contribution in [-0.4, -0.2) is 7.11 Å². The van der Waals surface area contributed by atoms with E-state index in [1.54, 1.807) is 7.11 Å². The summed E-state index contributed by atoms with van der Waals surface area (Å²) >= 11 is 3.41. The van der Waals surface area contributed by atoms with Crippen LogP contribution in [0.1, 0.15) is 31.4 Å². The molecular formula is C13H16BrNO. The van der Waals surface area contributed by atoms with Gasteiger partial charge in [0.2, 0.25) is 0 Å². The molecule has 0 aliphatic rings. The first kappa shape index (κ1) is 13.1. The Kier molecular flexibility index (Phi) is 5.37. The van der Waals surface area contributed by atoms with Gasteiger partial charge < -0.3 is 10.5 Å². The fraction of sp³-hybridized carbons (Fsp3) is 0.385. The second kappa shape index (κ2) is 6.57. The number of ether oxygens (including phenoxy) is 1. The summed E-state index contributed by atoms with van der Waals surface area (Å²) in [5.74, 6) is 6.71. The number of methoxy groups -OCH3 is 1. The van der Waals surface area contributed by atoms with E-state index in [0.29, 0.717) is 0 Å². The fourth-order valence-electron chi connectivity index (χ4n) is 1.50. The van der Waals surface area contributed by atoms with Crippen molar-refractivity contribution in [3.05, 3.63) is 28.2 Å². The first-order valence-electron chi connectivity index (χ1n) is 5.17. The number of hydrogen-bond donors (Lipinski definition) is 1. The predicted octanol–water partition coefficient (Wildman–Crippen LogP) is 3.26. The van der Waals surface area contributed by atoms with Crippen LogP contribution in [-0.2, 0) is 0 Å². The summed E-state index contributed by atoms with van der Waals surface area (Å²) < 4.78 is 6.30. The van der Waals surface area contributed by atoms with Crippen LogP contribution in [0.25, 0.3) is 0 Å². The molecule has 0 aliphatic heterocycles. The Hall–Kier alpha value is -0.980. The van der Waals surface area contributed by atoms with E-state index in [-0.39, 0.29) is 6.04 Å². The van der Waals surface area contributed by atoms with E-state index in [2.05, 4.69) is 27.8 Å². The number of nitrogens with two attached hydrogens (primary N) is 1. The van der Waals surface area contributed by atoms with Gasteiger partial charge in [-0.05, 0) is 25.5 Å². The summed E-state index contributed by atoms with van der Waals surface area (Å²) in [6, 6.07) is 5.88.